The van der Waals surface area contributed by atoms with Crippen LogP contribution in [0.15, 0.2) is 67.0 Å². The maximum atomic E-state index is 12.5. The van der Waals surface area contributed by atoms with E-state index in [1.807, 2.05) is 24.3 Å². The number of aromatic nitrogens is 1. The Morgan fingerprint density at radius 1 is 1.04 bits per heavy atom. The monoisotopic (exact) mass is 401 g/mol. The van der Waals surface area contributed by atoms with Crippen LogP contribution in [0.5, 0.6) is 0 Å². The van der Waals surface area contributed by atoms with Gasteiger partial charge in [-0.1, -0.05) is 35.3 Å². The summed E-state index contributed by atoms with van der Waals surface area (Å²) in [4.78, 5) is 21.8. The SMILES string of the molecule is O=C(NOCc1cc(Cl)ccc1Cl)c1ccccc1NCc1ccncc1. The summed E-state index contributed by atoms with van der Waals surface area (Å²) in [5, 5.41) is 4.32. The molecule has 1 aromatic heterocycles. The van der Waals surface area contributed by atoms with Gasteiger partial charge in [-0.3, -0.25) is 14.6 Å². The Morgan fingerprint density at radius 3 is 2.63 bits per heavy atom. The summed E-state index contributed by atoms with van der Waals surface area (Å²) in [5.41, 5.74) is 5.37. The molecule has 138 valence electrons. The summed E-state index contributed by atoms with van der Waals surface area (Å²) in [7, 11) is 0. The molecule has 1 amide bonds. The van der Waals surface area contributed by atoms with Gasteiger partial charge in [0.15, 0.2) is 0 Å². The van der Waals surface area contributed by atoms with E-state index in [2.05, 4.69) is 15.8 Å². The van der Waals surface area contributed by atoms with Crippen molar-refractivity contribution in [1.82, 2.24) is 10.5 Å². The fourth-order valence-corrected chi connectivity index (χ4v) is 2.79. The number of halogens is 2. The third-order valence-corrected chi connectivity index (χ3v) is 4.41. The third-order valence-electron chi connectivity index (χ3n) is 3.80. The Hall–Kier alpha value is -2.60. The first kappa shape index (κ1) is 19.2. The Bertz CT molecular complexity index is 920. The molecule has 0 saturated carbocycles. The summed E-state index contributed by atoms with van der Waals surface area (Å²) in [5.74, 6) is -0.356. The molecule has 27 heavy (non-hydrogen) atoms. The van der Waals surface area contributed by atoms with Crippen LogP contribution in [0.3, 0.4) is 0 Å². The maximum Gasteiger partial charge on any atom is 0.276 e. The topological polar surface area (TPSA) is 63.2 Å². The Kier molecular flexibility index (Phi) is 6.65. The van der Waals surface area contributed by atoms with Crippen LogP contribution in [0.2, 0.25) is 10.0 Å². The number of rotatable bonds is 7. The number of amides is 1. The Morgan fingerprint density at radius 2 is 1.81 bits per heavy atom. The number of hydrogen-bond acceptors (Lipinski definition) is 4. The number of benzene rings is 2. The van der Waals surface area contributed by atoms with Gasteiger partial charge >= 0.3 is 0 Å². The van der Waals surface area contributed by atoms with Crippen LogP contribution in [-0.4, -0.2) is 10.9 Å². The molecule has 1 heterocycles. The molecule has 5 nitrogen and oxygen atoms in total. The normalized spacial score (nSPS) is 10.4. The molecule has 0 aliphatic heterocycles. The fourth-order valence-electron chi connectivity index (χ4n) is 2.42. The van der Waals surface area contributed by atoms with Crippen LogP contribution < -0.4 is 10.8 Å². The van der Waals surface area contributed by atoms with Gasteiger partial charge in [-0.15, -0.1) is 0 Å². The molecular weight excluding hydrogens is 385 g/mol. The lowest BCUT2D eigenvalue weighted by molar-refractivity contribution is 0.0234. The number of nitrogens with zero attached hydrogens (tertiary/aromatic N) is 1. The molecule has 0 atom stereocenters. The molecule has 0 saturated heterocycles. The number of carbonyl (C=O) groups excluding carboxylic acids is 1. The number of hydrogen-bond donors (Lipinski definition) is 2. The Labute approximate surface area is 167 Å². The average Bonchev–Trinajstić information content (AvgIpc) is 2.70. The molecule has 2 aromatic carbocycles. The standard InChI is InChI=1S/C20H17Cl2N3O2/c21-16-5-6-18(22)15(11-16)13-27-25-20(26)17-3-1-2-4-19(17)24-12-14-7-9-23-10-8-14/h1-11,24H,12-13H2,(H,25,26). The second-order valence-electron chi connectivity index (χ2n) is 5.71. The van der Waals surface area contributed by atoms with Crippen LogP contribution in [0.1, 0.15) is 21.5 Å². The van der Waals surface area contributed by atoms with E-state index in [9.17, 15) is 4.79 Å². The van der Waals surface area contributed by atoms with Crippen LogP contribution in [0.25, 0.3) is 0 Å². The molecule has 0 aliphatic carbocycles. The predicted molar refractivity (Wildman–Crippen MR) is 107 cm³/mol. The van der Waals surface area contributed by atoms with Crippen molar-refractivity contribution in [2.45, 2.75) is 13.2 Å². The van der Waals surface area contributed by atoms with Crippen molar-refractivity contribution >= 4 is 34.8 Å². The van der Waals surface area contributed by atoms with E-state index in [1.165, 1.54) is 0 Å². The van der Waals surface area contributed by atoms with Gasteiger partial charge in [0.2, 0.25) is 0 Å². The fraction of sp³-hybridized carbons (Fsp3) is 0.100. The minimum absolute atomic E-state index is 0.109. The first-order chi connectivity index (χ1) is 13.1. The minimum Gasteiger partial charge on any atom is -0.380 e. The highest BCUT2D eigenvalue weighted by Gasteiger charge is 2.11. The van der Waals surface area contributed by atoms with Crippen molar-refractivity contribution in [2.75, 3.05) is 5.32 Å². The number of carbonyl (C=O) groups is 1. The van der Waals surface area contributed by atoms with Crippen LogP contribution >= 0.6 is 23.2 Å². The molecule has 7 heteroatoms. The predicted octanol–water partition coefficient (Wildman–Crippen LogP) is 4.86. The molecule has 0 bridgehead atoms. The van der Waals surface area contributed by atoms with Crippen LogP contribution in [0.4, 0.5) is 5.69 Å². The average molecular weight is 402 g/mol. The van der Waals surface area contributed by atoms with E-state index >= 15 is 0 Å². The van der Waals surface area contributed by atoms with E-state index < -0.39 is 0 Å². The molecule has 2 N–H and O–H groups in total. The van der Waals surface area contributed by atoms with Gasteiger partial charge < -0.3 is 5.32 Å². The van der Waals surface area contributed by atoms with Gasteiger partial charge in [-0.05, 0) is 48.0 Å². The van der Waals surface area contributed by atoms with Crippen molar-refractivity contribution in [2.24, 2.45) is 0 Å². The van der Waals surface area contributed by atoms with Crippen molar-refractivity contribution in [3.8, 4) is 0 Å². The maximum absolute atomic E-state index is 12.5. The van der Waals surface area contributed by atoms with Crippen molar-refractivity contribution in [3.05, 3.63) is 93.7 Å². The highest BCUT2D eigenvalue weighted by molar-refractivity contribution is 6.33. The number of pyridine rings is 1. The highest BCUT2D eigenvalue weighted by Crippen LogP contribution is 2.21. The number of para-hydroxylation sites is 1. The van der Waals surface area contributed by atoms with E-state index in [0.29, 0.717) is 33.4 Å². The first-order valence-corrected chi connectivity index (χ1v) is 8.97. The van der Waals surface area contributed by atoms with Crippen molar-refractivity contribution in [1.29, 1.82) is 0 Å². The van der Waals surface area contributed by atoms with E-state index in [1.54, 1.807) is 42.7 Å². The molecule has 0 spiro atoms. The van der Waals surface area contributed by atoms with Gasteiger partial charge in [0.05, 0.1) is 5.56 Å². The summed E-state index contributed by atoms with van der Waals surface area (Å²) in [6.07, 6.45) is 3.45. The second kappa shape index (κ2) is 9.37. The minimum atomic E-state index is -0.356. The number of nitrogens with one attached hydrogen (secondary N) is 2. The van der Waals surface area contributed by atoms with E-state index in [0.717, 1.165) is 5.56 Å². The highest BCUT2D eigenvalue weighted by atomic mass is 35.5. The largest absolute Gasteiger partial charge is 0.380 e. The first-order valence-electron chi connectivity index (χ1n) is 8.21. The molecule has 0 unspecified atom stereocenters. The summed E-state index contributed by atoms with van der Waals surface area (Å²) in [6, 6.07) is 16.1. The zero-order valence-corrected chi connectivity index (χ0v) is 15.8. The van der Waals surface area contributed by atoms with Gasteiger partial charge in [0, 0.05) is 40.2 Å². The van der Waals surface area contributed by atoms with Gasteiger partial charge in [-0.25, -0.2) is 5.48 Å². The molecule has 0 fully saturated rings. The second-order valence-corrected chi connectivity index (χ2v) is 6.55. The van der Waals surface area contributed by atoms with Crippen molar-refractivity contribution < 1.29 is 9.63 Å². The lowest BCUT2D eigenvalue weighted by atomic mass is 10.1. The quantitative estimate of drug-likeness (QED) is 0.554. The van der Waals surface area contributed by atoms with Gasteiger partial charge in [0.25, 0.3) is 5.91 Å². The van der Waals surface area contributed by atoms with Gasteiger partial charge in [-0.2, -0.15) is 0 Å². The van der Waals surface area contributed by atoms with Crippen molar-refractivity contribution in [3.63, 3.8) is 0 Å². The number of anilines is 1. The molecule has 3 aromatic rings. The smallest absolute Gasteiger partial charge is 0.276 e. The van der Waals surface area contributed by atoms with Crippen LogP contribution in [-0.2, 0) is 18.0 Å². The summed E-state index contributed by atoms with van der Waals surface area (Å²) >= 11 is 12.0. The summed E-state index contributed by atoms with van der Waals surface area (Å²) < 4.78 is 0. The lowest BCUT2D eigenvalue weighted by Crippen LogP contribution is -2.24. The Balaban J connectivity index is 1.60. The summed E-state index contributed by atoms with van der Waals surface area (Å²) in [6.45, 7) is 0.684. The molecule has 0 aliphatic rings. The van der Waals surface area contributed by atoms with Crippen LogP contribution in [0, 0.1) is 0 Å². The molecule has 0 radical (unpaired) electrons. The number of hydroxylamine groups is 1. The zero-order chi connectivity index (χ0) is 19.1. The molecule has 3 rings (SSSR count). The lowest BCUT2D eigenvalue weighted by Gasteiger charge is -2.12. The van der Waals surface area contributed by atoms with Gasteiger partial charge in [0.1, 0.15) is 6.61 Å². The third kappa shape index (κ3) is 5.44. The molecular formula is C20H17Cl2N3O2. The van der Waals surface area contributed by atoms with E-state index in [-0.39, 0.29) is 12.5 Å². The zero-order valence-electron chi connectivity index (χ0n) is 14.3. The van der Waals surface area contributed by atoms with E-state index in [4.69, 9.17) is 28.0 Å².